The molecule has 2 aromatic carbocycles. The minimum Gasteiger partial charge on any atom is -0.497 e. The van der Waals surface area contributed by atoms with Crippen molar-refractivity contribution in [3.63, 3.8) is 0 Å². The van der Waals surface area contributed by atoms with Gasteiger partial charge in [-0.05, 0) is 60.2 Å². The summed E-state index contributed by atoms with van der Waals surface area (Å²) < 4.78 is 15.9. The van der Waals surface area contributed by atoms with Crippen LogP contribution in [-0.4, -0.2) is 55.9 Å². The van der Waals surface area contributed by atoms with E-state index < -0.39 is 0 Å². The first-order valence-electron chi connectivity index (χ1n) is 10.4. The Balaban J connectivity index is 1.55. The van der Waals surface area contributed by atoms with Gasteiger partial charge in [-0.15, -0.1) is 0 Å². The van der Waals surface area contributed by atoms with Crippen LogP contribution < -0.4 is 19.5 Å². The second kappa shape index (κ2) is 11.4. The van der Waals surface area contributed by atoms with Crippen LogP contribution in [-0.2, 0) is 16.0 Å². The smallest absolute Gasteiger partial charge is 0.293 e. The quantitative estimate of drug-likeness (QED) is 0.531. The lowest BCUT2D eigenvalue weighted by atomic mass is 10.1. The molecule has 0 radical (unpaired) electrons. The summed E-state index contributed by atoms with van der Waals surface area (Å²) in [5.41, 5.74) is 1.56. The van der Waals surface area contributed by atoms with Crippen molar-refractivity contribution in [3.8, 4) is 17.2 Å². The fraction of sp³-hybridized carbons (Fsp3) is 0.292. The van der Waals surface area contributed by atoms with Gasteiger partial charge in [-0.3, -0.25) is 19.3 Å². The minimum absolute atomic E-state index is 0.100. The number of carbonyl (C=O) groups is 3. The summed E-state index contributed by atoms with van der Waals surface area (Å²) in [7, 11) is 3.12. The Hall–Kier alpha value is -3.46. The molecule has 3 amide bonds. The van der Waals surface area contributed by atoms with Crippen molar-refractivity contribution < 1.29 is 28.6 Å². The Morgan fingerprint density at radius 3 is 2.48 bits per heavy atom. The molecule has 1 saturated heterocycles. The van der Waals surface area contributed by atoms with Crippen molar-refractivity contribution in [1.29, 1.82) is 0 Å². The number of methoxy groups -OCH3 is 2. The van der Waals surface area contributed by atoms with Crippen molar-refractivity contribution in [3.05, 3.63) is 58.5 Å². The first kappa shape index (κ1) is 24.2. The second-order valence-electron chi connectivity index (χ2n) is 7.05. The van der Waals surface area contributed by atoms with E-state index in [0.29, 0.717) is 28.6 Å². The van der Waals surface area contributed by atoms with Gasteiger partial charge in [0.25, 0.3) is 11.1 Å². The minimum atomic E-state index is -0.387. The van der Waals surface area contributed by atoms with Gasteiger partial charge in [-0.25, -0.2) is 0 Å². The topological polar surface area (TPSA) is 94.2 Å². The van der Waals surface area contributed by atoms with Gasteiger partial charge in [0.05, 0.1) is 32.2 Å². The van der Waals surface area contributed by atoms with Gasteiger partial charge in [0.15, 0.2) is 11.5 Å². The number of hydrogen-bond donors (Lipinski definition) is 1. The second-order valence-corrected chi connectivity index (χ2v) is 8.04. The van der Waals surface area contributed by atoms with Crippen LogP contribution in [0.5, 0.6) is 17.2 Å². The maximum atomic E-state index is 12.7. The molecule has 0 aliphatic carbocycles. The summed E-state index contributed by atoms with van der Waals surface area (Å²) >= 11 is 0.871. The molecule has 9 heteroatoms. The Morgan fingerprint density at radius 2 is 1.82 bits per heavy atom. The zero-order valence-electron chi connectivity index (χ0n) is 18.8. The van der Waals surface area contributed by atoms with Gasteiger partial charge in [0, 0.05) is 13.1 Å². The highest BCUT2D eigenvalue weighted by molar-refractivity contribution is 8.18. The Morgan fingerprint density at radius 1 is 1.06 bits per heavy atom. The number of carbonyl (C=O) groups excluding carboxylic acids is 3. The molecule has 0 atom stereocenters. The van der Waals surface area contributed by atoms with E-state index in [4.69, 9.17) is 14.2 Å². The molecule has 1 N–H and O–H groups in total. The molecule has 0 aromatic heterocycles. The van der Waals surface area contributed by atoms with Crippen molar-refractivity contribution in [2.45, 2.75) is 13.3 Å². The van der Waals surface area contributed by atoms with E-state index in [1.165, 1.54) is 0 Å². The highest BCUT2D eigenvalue weighted by Gasteiger charge is 2.34. The molecule has 0 spiro atoms. The van der Waals surface area contributed by atoms with E-state index in [-0.39, 0.29) is 36.6 Å². The van der Waals surface area contributed by atoms with Crippen molar-refractivity contribution >= 4 is 34.9 Å². The predicted octanol–water partition coefficient (Wildman–Crippen LogP) is 3.50. The summed E-state index contributed by atoms with van der Waals surface area (Å²) in [5.74, 6) is 1.29. The predicted molar refractivity (Wildman–Crippen MR) is 127 cm³/mol. The summed E-state index contributed by atoms with van der Waals surface area (Å²) in [6, 6.07) is 12.5. The summed E-state index contributed by atoms with van der Waals surface area (Å²) in [4.78, 5) is 38.7. The Kier molecular flexibility index (Phi) is 8.37. The maximum absolute atomic E-state index is 12.7. The summed E-state index contributed by atoms with van der Waals surface area (Å²) in [6.07, 6.45) is 1.84. The van der Waals surface area contributed by atoms with Crippen LogP contribution in [0.25, 0.3) is 6.08 Å². The van der Waals surface area contributed by atoms with Gasteiger partial charge in [0.2, 0.25) is 5.91 Å². The number of hydrogen-bond acceptors (Lipinski definition) is 7. The zero-order chi connectivity index (χ0) is 23.8. The lowest BCUT2D eigenvalue weighted by molar-refractivity contribution is -0.124. The lowest BCUT2D eigenvalue weighted by Crippen LogP contribution is -2.37. The molecule has 1 aliphatic rings. The van der Waals surface area contributed by atoms with E-state index in [0.717, 1.165) is 28.0 Å². The van der Waals surface area contributed by atoms with Gasteiger partial charge >= 0.3 is 0 Å². The highest BCUT2D eigenvalue weighted by Crippen LogP contribution is 2.34. The molecule has 33 heavy (non-hydrogen) atoms. The fourth-order valence-electron chi connectivity index (χ4n) is 3.19. The first-order valence-corrected chi connectivity index (χ1v) is 11.2. The molecule has 0 bridgehead atoms. The molecule has 1 aliphatic heterocycles. The van der Waals surface area contributed by atoms with Crippen molar-refractivity contribution in [2.24, 2.45) is 0 Å². The van der Waals surface area contributed by atoms with Gasteiger partial charge in [-0.2, -0.15) is 0 Å². The number of ether oxygens (including phenoxy) is 3. The van der Waals surface area contributed by atoms with Crippen LogP contribution in [0.3, 0.4) is 0 Å². The molecule has 0 saturated carbocycles. The van der Waals surface area contributed by atoms with Crippen LogP contribution >= 0.6 is 11.8 Å². The number of thioether (sulfide) groups is 1. The molecular formula is C24H26N2O6S. The van der Waals surface area contributed by atoms with E-state index in [1.807, 2.05) is 19.1 Å². The molecular weight excluding hydrogens is 444 g/mol. The molecule has 1 heterocycles. The third-order valence-electron chi connectivity index (χ3n) is 4.84. The average Bonchev–Trinajstić information content (AvgIpc) is 3.08. The zero-order valence-corrected chi connectivity index (χ0v) is 19.6. The van der Waals surface area contributed by atoms with E-state index >= 15 is 0 Å². The number of imide groups is 1. The fourth-order valence-corrected chi connectivity index (χ4v) is 4.06. The van der Waals surface area contributed by atoms with Crippen LogP contribution in [0.1, 0.15) is 18.1 Å². The van der Waals surface area contributed by atoms with Crippen molar-refractivity contribution in [2.75, 3.05) is 33.9 Å². The van der Waals surface area contributed by atoms with Gasteiger partial charge < -0.3 is 19.5 Å². The van der Waals surface area contributed by atoms with Crippen LogP contribution in [0.15, 0.2) is 47.4 Å². The van der Waals surface area contributed by atoms with Crippen molar-refractivity contribution in [1.82, 2.24) is 10.2 Å². The van der Waals surface area contributed by atoms with E-state index in [2.05, 4.69) is 5.32 Å². The maximum Gasteiger partial charge on any atom is 0.293 e. The number of benzene rings is 2. The van der Waals surface area contributed by atoms with Crippen LogP contribution in [0.4, 0.5) is 4.79 Å². The summed E-state index contributed by atoms with van der Waals surface area (Å²) in [6.45, 7) is 2.66. The van der Waals surface area contributed by atoms with Gasteiger partial charge in [-0.1, -0.05) is 18.2 Å². The third kappa shape index (κ3) is 6.29. The molecule has 2 aromatic rings. The van der Waals surface area contributed by atoms with E-state index in [9.17, 15) is 14.4 Å². The number of amides is 3. The summed E-state index contributed by atoms with van der Waals surface area (Å²) in [5, 5.41) is 2.38. The largest absolute Gasteiger partial charge is 0.497 e. The molecule has 1 fully saturated rings. The van der Waals surface area contributed by atoms with Crippen LogP contribution in [0, 0.1) is 0 Å². The van der Waals surface area contributed by atoms with Gasteiger partial charge in [0.1, 0.15) is 5.75 Å². The molecule has 174 valence electrons. The van der Waals surface area contributed by atoms with Crippen LogP contribution in [0.2, 0.25) is 0 Å². The monoisotopic (exact) mass is 470 g/mol. The van der Waals surface area contributed by atoms with E-state index in [1.54, 1.807) is 50.6 Å². The third-order valence-corrected chi connectivity index (χ3v) is 5.75. The standard InChI is InChI=1S/C24H26N2O6S/c1-4-32-19-10-7-17(13-20(19)31-3)14-21-23(28)26(24(29)33-21)12-11-25-22(27)15-16-5-8-18(30-2)9-6-16/h5-10,13-14H,4,11-12,15H2,1-3H3,(H,25,27)/b21-14-. The Labute approximate surface area is 196 Å². The highest BCUT2D eigenvalue weighted by atomic mass is 32.2. The Bertz CT molecular complexity index is 1050. The lowest BCUT2D eigenvalue weighted by Gasteiger charge is -2.13. The average molecular weight is 471 g/mol. The molecule has 0 unspecified atom stereocenters. The molecule has 3 rings (SSSR count). The SMILES string of the molecule is CCOc1ccc(/C=C2\SC(=O)N(CCNC(=O)Cc3ccc(OC)cc3)C2=O)cc1OC. The first-order chi connectivity index (χ1) is 15.9. The molecule has 8 nitrogen and oxygen atoms in total. The number of rotatable bonds is 10. The normalized spacial score (nSPS) is 14.5. The number of nitrogens with one attached hydrogen (secondary N) is 1. The number of nitrogens with zero attached hydrogens (tertiary/aromatic N) is 1.